The maximum Gasteiger partial charge on any atom is 0.00679 e. The summed E-state index contributed by atoms with van der Waals surface area (Å²) in [5, 5.41) is 3.78. The van der Waals surface area contributed by atoms with Crippen LogP contribution in [0.25, 0.3) is 0 Å². The molecular weight excluding hydrogens is 246 g/mol. The van der Waals surface area contributed by atoms with E-state index in [9.17, 15) is 0 Å². The molecule has 2 fully saturated rings. The van der Waals surface area contributed by atoms with Crippen molar-refractivity contribution in [3.63, 3.8) is 0 Å². The maximum absolute atomic E-state index is 3.78. The first-order valence-corrected chi connectivity index (χ1v) is 8.83. The summed E-state index contributed by atoms with van der Waals surface area (Å²) in [7, 11) is 2.24. The van der Waals surface area contributed by atoms with Crippen molar-refractivity contribution in [2.24, 2.45) is 5.92 Å². The molecule has 1 N–H and O–H groups in total. The van der Waals surface area contributed by atoms with E-state index in [2.05, 4.69) is 36.0 Å². The first-order chi connectivity index (χ1) is 9.66. The standard InChI is InChI=1S/C17H35N3/c1-15-7-4-5-11-20(15)12-6-10-18-16(2)17-8-13-19(3)14-9-17/h15-18H,4-14H2,1-3H3. The fourth-order valence-corrected chi connectivity index (χ4v) is 3.80. The summed E-state index contributed by atoms with van der Waals surface area (Å²) in [6.07, 6.45) is 8.29. The first kappa shape index (κ1) is 16.3. The number of hydrogen-bond donors (Lipinski definition) is 1. The van der Waals surface area contributed by atoms with Crippen molar-refractivity contribution in [2.45, 2.75) is 64.5 Å². The Morgan fingerprint density at radius 1 is 1.10 bits per heavy atom. The number of hydrogen-bond acceptors (Lipinski definition) is 3. The molecule has 2 unspecified atom stereocenters. The second-order valence-electron chi connectivity index (χ2n) is 7.12. The smallest absolute Gasteiger partial charge is 0.00679 e. The first-order valence-electron chi connectivity index (χ1n) is 8.83. The van der Waals surface area contributed by atoms with Gasteiger partial charge in [0.05, 0.1) is 0 Å². The maximum atomic E-state index is 3.78. The van der Waals surface area contributed by atoms with Crippen LogP contribution >= 0.6 is 0 Å². The predicted molar refractivity (Wildman–Crippen MR) is 87.2 cm³/mol. The third kappa shape index (κ3) is 5.01. The Labute approximate surface area is 126 Å². The Kier molecular flexibility index (Phi) is 6.79. The van der Waals surface area contributed by atoms with Gasteiger partial charge in [0.25, 0.3) is 0 Å². The number of rotatable bonds is 6. The summed E-state index contributed by atoms with van der Waals surface area (Å²) < 4.78 is 0. The summed E-state index contributed by atoms with van der Waals surface area (Å²) in [4.78, 5) is 5.15. The third-order valence-corrected chi connectivity index (χ3v) is 5.50. The van der Waals surface area contributed by atoms with E-state index >= 15 is 0 Å². The summed E-state index contributed by atoms with van der Waals surface area (Å²) >= 11 is 0. The summed E-state index contributed by atoms with van der Waals surface area (Å²) in [6.45, 7) is 11.1. The lowest BCUT2D eigenvalue weighted by Gasteiger charge is -2.34. The van der Waals surface area contributed by atoms with Crippen molar-refractivity contribution >= 4 is 0 Å². The van der Waals surface area contributed by atoms with E-state index in [1.165, 1.54) is 71.2 Å². The number of likely N-dealkylation sites (tertiary alicyclic amines) is 2. The average molecular weight is 281 g/mol. The van der Waals surface area contributed by atoms with Gasteiger partial charge in [-0.05, 0) is 91.6 Å². The Morgan fingerprint density at radius 2 is 1.85 bits per heavy atom. The van der Waals surface area contributed by atoms with Crippen LogP contribution in [0.4, 0.5) is 0 Å². The summed E-state index contributed by atoms with van der Waals surface area (Å²) in [5.41, 5.74) is 0. The molecule has 2 atom stereocenters. The summed E-state index contributed by atoms with van der Waals surface area (Å²) in [5.74, 6) is 0.889. The van der Waals surface area contributed by atoms with E-state index < -0.39 is 0 Å². The van der Waals surface area contributed by atoms with E-state index in [1.807, 2.05) is 0 Å². The van der Waals surface area contributed by atoms with Crippen molar-refractivity contribution < 1.29 is 0 Å². The molecular formula is C17H35N3. The Bertz CT molecular complexity index is 261. The highest BCUT2D eigenvalue weighted by Gasteiger charge is 2.22. The minimum Gasteiger partial charge on any atom is -0.314 e. The predicted octanol–water partition coefficient (Wildman–Crippen LogP) is 2.57. The average Bonchev–Trinajstić information content (AvgIpc) is 2.46. The Hall–Kier alpha value is -0.120. The highest BCUT2D eigenvalue weighted by Crippen LogP contribution is 2.20. The van der Waals surface area contributed by atoms with Crippen molar-refractivity contribution in [1.29, 1.82) is 0 Å². The molecule has 0 radical (unpaired) electrons. The van der Waals surface area contributed by atoms with Gasteiger partial charge in [0.1, 0.15) is 0 Å². The summed E-state index contributed by atoms with van der Waals surface area (Å²) in [6, 6.07) is 1.51. The van der Waals surface area contributed by atoms with E-state index in [0.29, 0.717) is 6.04 Å². The molecule has 3 nitrogen and oxygen atoms in total. The minimum absolute atomic E-state index is 0.697. The molecule has 0 spiro atoms. The van der Waals surface area contributed by atoms with Gasteiger partial charge in [-0.15, -0.1) is 0 Å². The minimum atomic E-state index is 0.697. The number of nitrogens with zero attached hydrogens (tertiary/aromatic N) is 2. The lowest BCUT2D eigenvalue weighted by molar-refractivity contribution is 0.155. The molecule has 0 bridgehead atoms. The fraction of sp³-hybridized carbons (Fsp3) is 1.00. The van der Waals surface area contributed by atoms with Crippen LogP contribution in [0.3, 0.4) is 0 Å². The molecule has 0 amide bonds. The van der Waals surface area contributed by atoms with Crippen LogP contribution in [0, 0.1) is 5.92 Å². The van der Waals surface area contributed by atoms with E-state index in [1.54, 1.807) is 0 Å². The topological polar surface area (TPSA) is 18.5 Å². The van der Waals surface area contributed by atoms with Crippen molar-refractivity contribution in [2.75, 3.05) is 39.8 Å². The van der Waals surface area contributed by atoms with Crippen LogP contribution < -0.4 is 5.32 Å². The van der Waals surface area contributed by atoms with Crippen molar-refractivity contribution in [1.82, 2.24) is 15.1 Å². The van der Waals surface area contributed by atoms with Crippen LogP contribution in [0.5, 0.6) is 0 Å². The monoisotopic (exact) mass is 281 g/mol. The molecule has 118 valence electrons. The molecule has 3 heteroatoms. The molecule has 0 aromatic heterocycles. The molecule has 2 heterocycles. The van der Waals surface area contributed by atoms with Crippen LogP contribution in [-0.4, -0.2) is 61.7 Å². The Balaban J connectivity index is 1.56. The molecule has 0 aliphatic carbocycles. The molecule has 2 aliphatic heterocycles. The van der Waals surface area contributed by atoms with E-state index in [4.69, 9.17) is 0 Å². The molecule has 2 rings (SSSR count). The normalized spacial score (nSPS) is 28.6. The Morgan fingerprint density at radius 3 is 2.55 bits per heavy atom. The largest absolute Gasteiger partial charge is 0.314 e. The van der Waals surface area contributed by atoms with Gasteiger partial charge in [-0.3, -0.25) is 0 Å². The van der Waals surface area contributed by atoms with Gasteiger partial charge in [-0.1, -0.05) is 6.42 Å². The van der Waals surface area contributed by atoms with Gasteiger partial charge in [-0.25, -0.2) is 0 Å². The number of nitrogens with one attached hydrogen (secondary N) is 1. The van der Waals surface area contributed by atoms with Crippen molar-refractivity contribution in [3.8, 4) is 0 Å². The van der Waals surface area contributed by atoms with Gasteiger partial charge in [0.2, 0.25) is 0 Å². The van der Waals surface area contributed by atoms with E-state index in [0.717, 1.165) is 12.0 Å². The van der Waals surface area contributed by atoms with Crippen LogP contribution in [-0.2, 0) is 0 Å². The zero-order valence-electron chi connectivity index (χ0n) is 13.9. The fourth-order valence-electron chi connectivity index (χ4n) is 3.80. The number of piperidine rings is 2. The molecule has 0 saturated carbocycles. The van der Waals surface area contributed by atoms with Gasteiger partial charge in [-0.2, -0.15) is 0 Å². The van der Waals surface area contributed by atoms with Gasteiger partial charge in [0, 0.05) is 12.1 Å². The van der Waals surface area contributed by atoms with Gasteiger partial charge in [0.15, 0.2) is 0 Å². The molecule has 2 saturated heterocycles. The zero-order valence-corrected chi connectivity index (χ0v) is 13.9. The molecule has 0 aromatic rings. The van der Waals surface area contributed by atoms with Gasteiger partial charge < -0.3 is 15.1 Å². The lowest BCUT2D eigenvalue weighted by atomic mass is 9.90. The second kappa shape index (κ2) is 8.35. The second-order valence-corrected chi connectivity index (χ2v) is 7.12. The quantitative estimate of drug-likeness (QED) is 0.755. The SMILES string of the molecule is CC(NCCCN1CCCCC1C)C1CCN(C)CC1. The van der Waals surface area contributed by atoms with Gasteiger partial charge >= 0.3 is 0 Å². The van der Waals surface area contributed by atoms with Crippen LogP contribution in [0.2, 0.25) is 0 Å². The van der Waals surface area contributed by atoms with Crippen molar-refractivity contribution in [3.05, 3.63) is 0 Å². The van der Waals surface area contributed by atoms with E-state index in [-0.39, 0.29) is 0 Å². The third-order valence-electron chi connectivity index (χ3n) is 5.50. The van der Waals surface area contributed by atoms with Crippen LogP contribution in [0.1, 0.15) is 52.4 Å². The zero-order chi connectivity index (χ0) is 14.4. The lowest BCUT2D eigenvalue weighted by Crippen LogP contribution is -2.42. The highest BCUT2D eigenvalue weighted by atomic mass is 15.2. The van der Waals surface area contributed by atoms with Crippen LogP contribution in [0.15, 0.2) is 0 Å². The molecule has 0 aromatic carbocycles. The molecule has 20 heavy (non-hydrogen) atoms. The highest BCUT2D eigenvalue weighted by molar-refractivity contribution is 4.79. The molecule has 2 aliphatic rings.